The van der Waals surface area contributed by atoms with Crippen molar-refractivity contribution in [1.29, 1.82) is 0 Å². The summed E-state index contributed by atoms with van der Waals surface area (Å²) in [5.74, 6) is 0.109. The van der Waals surface area contributed by atoms with Crippen molar-refractivity contribution in [3.05, 3.63) is 59.7 Å². The van der Waals surface area contributed by atoms with Gasteiger partial charge in [0, 0.05) is 11.5 Å². The van der Waals surface area contributed by atoms with Crippen molar-refractivity contribution in [1.82, 2.24) is 5.32 Å². The molecule has 0 radical (unpaired) electrons. The highest BCUT2D eigenvalue weighted by molar-refractivity contribution is 5.79. The number of benzene rings is 2. The van der Waals surface area contributed by atoms with Crippen molar-refractivity contribution in [3.63, 3.8) is 0 Å². The molecule has 0 aromatic heterocycles. The van der Waals surface area contributed by atoms with Gasteiger partial charge in [0.1, 0.15) is 6.61 Å². The van der Waals surface area contributed by atoms with Crippen molar-refractivity contribution in [2.24, 2.45) is 0 Å². The summed E-state index contributed by atoms with van der Waals surface area (Å²) in [7, 11) is 0. The number of alkyl carbamates (subject to hydrolysis) is 1. The molecule has 3 nitrogen and oxygen atoms in total. The highest BCUT2D eigenvalue weighted by Crippen LogP contribution is 2.44. The fourth-order valence-electron chi connectivity index (χ4n) is 3.31. The van der Waals surface area contributed by atoms with E-state index in [1.54, 1.807) is 0 Å². The maximum atomic E-state index is 12.2. The molecule has 0 spiro atoms. The van der Waals surface area contributed by atoms with Crippen LogP contribution in [0.1, 0.15) is 50.7 Å². The van der Waals surface area contributed by atoms with Crippen molar-refractivity contribution in [2.75, 3.05) is 6.61 Å². The lowest BCUT2D eigenvalue weighted by Gasteiger charge is -2.28. The Morgan fingerprint density at radius 3 is 2.00 bits per heavy atom. The number of carbonyl (C=O) groups excluding carboxylic acids is 1. The van der Waals surface area contributed by atoms with Crippen LogP contribution in [0.15, 0.2) is 48.5 Å². The van der Waals surface area contributed by atoms with Gasteiger partial charge < -0.3 is 10.1 Å². The van der Waals surface area contributed by atoms with Crippen LogP contribution in [0.25, 0.3) is 11.1 Å². The summed E-state index contributed by atoms with van der Waals surface area (Å²) in [6.07, 6.45) is 1.43. The first-order valence-electron chi connectivity index (χ1n) is 8.71. The second-order valence-electron chi connectivity index (χ2n) is 6.72. The van der Waals surface area contributed by atoms with Gasteiger partial charge in [-0.2, -0.15) is 0 Å². The molecule has 1 aliphatic rings. The van der Waals surface area contributed by atoms with E-state index in [9.17, 15) is 4.79 Å². The Bertz CT molecular complexity index is 689. The Hall–Kier alpha value is -2.29. The van der Waals surface area contributed by atoms with E-state index in [0.717, 1.165) is 12.8 Å². The third kappa shape index (κ3) is 3.03. The van der Waals surface area contributed by atoms with E-state index in [4.69, 9.17) is 4.74 Å². The van der Waals surface area contributed by atoms with Gasteiger partial charge in [-0.1, -0.05) is 62.4 Å². The van der Waals surface area contributed by atoms with Crippen LogP contribution in [0.5, 0.6) is 0 Å². The Kier molecular flexibility index (Phi) is 4.61. The number of ether oxygens (including phenoxy) is 1. The van der Waals surface area contributed by atoms with E-state index in [-0.39, 0.29) is 17.6 Å². The van der Waals surface area contributed by atoms with Gasteiger partial charge in [0.2, 0.25) is 0 Å². The van der Waals surface area contributed by atoms with Gasteiger partial charge in [0.25, 0.3) is 0 Å². The van der Waals surface area contributed by atoms with Gasteiger partial charge in [0.05, 0.1) is 0 Å². The SMILES string of the molecule is CCC(C)(CC)NC(=O)OCC1c2ccccc2-c2ccccc21. The van der Waals surface area contributed by atoms with Crippen LogP contribution < -0.4 is 5.32 Å². The minimum Gasteiger partial charge on any atom is -0.449 e. The van der Waals surface area contributed by atoms with E-state index in [0.29, 0.717) is 6.61 Å². The molecule has 0 heterocycles. The monoisotopic (exact) mass is 323 g/mol. The fourth-order valence-corrected chi connectivity index (χ4v) is 3.31. The van der Waals surface area contributed by atoms with Gasteiger partial charge in [0.15, 0.2) is 0 Å². The first-order valence-corrected chi connectivity index (χ1v) is 8.71. The molecule has 126 valence electrons. The van der Waals surface area contributed by atoms with Crippen LogP contribution in [0, 0.1) is 0 Å². The zero-order chi connectivity index (χ0) is 17.2. The van der Waals surface area contributed by atoms with Gasteiger partial charge in [-0.3, -0.25) is 0 Å². The zero-order valence-electron chi connectivity index (χ0n) is 14.6. The van der Waals surface area contributed by atoms with Crippen LogP contribution in [0.2, 0.25) is 0 Å². The lowest BCUT2D eigenvalue weighted by Crippen LogP contribution is -2.45. The molecular weight excluding hydrogens is 298 g/mol. The summed E-state index contributed by atoms with van der Waals surface area (Å²) < 4.78 is 5.59. The molecule has 1 amide bonds. The Labute approximate surface area is 144 Å². The smallest absolute Gasteiger partial charge is 0.407 e. The predicted molar refractivity (Wildman–Crippen MR) is 97.2 cm³/mol. The molecule has 24 heavy (non-hydrogen) atoms. The second kappa shape index (κ2) is 6.68. The summed E-state index contributed by atoms with van der Waals surface area (Å²) in [5.41, 5.74) is 4.76. The van der Waals surface area contributed by atoms with Crippen LogP contribution in [0.4, 0.5) is 4.79 Å². The maximum Gasteiger partial charge on any atom is 0.407 e. The number of amides is 1. The highest BCUT2D eigenvalue weighted by Gasteiger charge is 2.30. The minimum atomic E-state index is -0.330. The molecule has 1 aliphatic carbocycles. The normalized spacial score (nSPS) is 13.3. The van der Waals surface area contributed by atoms with Crippen LogP contribution in [0.3, 0.4) is 0 Å². The van der Waals surface area contributed by atoms with E-state index in [1.807, 2.05) is 12.1 Å². The van der Waals surface area contributed by atoms with Crippen molar-refractivity contribution < 1.29 is 9.53 Å². The third-order valence-corrected chi connectivity index (χ3v) is 5.31. The zero-order valence-corrected chi connectivity index (χ0v) is 14.6. The van der Waals surface area contributed by atoms with E-state index >= 15 is 0 Å². The van der Waals surface area contributed by atoms with Crippen molar-refractivity contribution >= 4 is 6.09 Å². The first-order chi connectivity index (χ1) is 11.6. The molecular formula is C21H25NO2. The number of rotatable bonds is 5. The standard InChI is InChI=1S/C21H25NO2/c1-4-21(3,5-2)22-20(23)24-14-19-17-12-8-6-10-15(17)16-11-7-9-13-18(16)19/h6-13,19H,4-5,14H2,1-3H3,(H,22,23). The number of fused-ring (bicyclic) bond motifs is 3. The lowest BCUT2D eigenvalue weighted by atomic mass is 9.96. The summed E-state index contributed by atoms with van der Waals surface area (Å²) in [6, 6.07) is 16.7. The fraction of sp³-hybridized carbons (Fsp3) is 0.381. The molecule has 0 bridgehead atoms. The molecule has 0 unspecified atom stereocenters. The van der Waals surface area contributed by atoms with Crippen molar-refractivity contribution in [3.8, 4) is 11.1 Å². The van der Waals surface area contributed by atoms with Gasteiger partial charge >= 0.3 is 6.09 Å². The molecule has 3 rings (SSSR count). The maximum absolute atomic E-state index is 12.2. The average molecular weight is 323 g/mol. The van der Waals surface area contributed by atoms with Crippen LogP contribution in [-0.4, -0.2) is 18.2 Å². The molecule has 0 saturated carbocycles. The first kappa shape index (κ1) is 16.6. The number of carbonyl (C=O) groups is 1. The second-order valence-corrected chi connectivity index (χ2v) is 6.72. The molecule has 0 aliphatic heterocycles. The summed E-state index contributed by atoms with van der Waals surface area (Å²) in [5, 5.41) is 3.00. The van der Waals surface area contributed by atoms with Gasteiger partial charge in [-0.25, -0.2) is 4.79 Å². The largest absolute Gasteiger partial charge is 0.449 e. The molecule has 2 aromatic carbocycles. The average Bonchev–Trinajstić information content (AvgIpc) is 2.94. The molecule has 0 saturated heterocycles. The van der Waals surface area contributed by atoms with Gasteiger partial charge in [-0.05, 0) is 42.0 Å². The third-order valence-electron chi connectivity index (χ3n) is 5.31. The summed E-state index contributed by atoms with van der Waals surface area (Å²) in [6.45, 7) is 6.57. The molecule has 1 N–H and O–H groups in total. The van der Waals surface area contributed by atoms with Crippen molar-refractivity contribution in [2.45, 2.75) is 45.1 Å². The van der Waals surface area contributed by atoms with Crippen LogP contribution in [-0.2, 0) is 4.74 Å². The Morgan fingerprint density at radius 1 is 1.00 bits per heavy atom. The summed E-state index contributed by atoms with van der Waals surface area (Å²) in [4.78, 5) is 12.2. The lowest BCUT2D eigenvalue weighted by molar-refractivity contribution is 0.129. The molecule has 2 aromatic rings. The number of hydrogen-bond acceptors (Lipinski definition) is 2. The summed E-state index contributed by atoms with van der Waals surface area (Å²) >= 11 is 0. The highest BCUT2D eigenvalue weighted by atomic mass is 16.5. The molecule has 3 heteroatoms. The van der Waals surface area contributed by atoms with Crippen LogP contribution >= 0.6 is 0 Å². The predicted octanol–water partition coefficient (Wildman–Crippen LogP) is 5.10. The molecule has 0 fully saturated rings. The van der Waals surface area contributed by atoms with E-state index < -0.39 is 0 Å². The number of nitrogens with one attached hydrogen (secondary N) is 1. The molecule has 0 atom stereocenters. The Balaban J connectivity index is 1.75. The number of hydrogen-bond donors (Lipinski definition) is 1. The van der Waals surface area contributed by atoms with Gasteiger partial charge in [-0.15, -0.1) is 0 Å². The minimum absolute atomic E-state index is 0.109. The Morgan fingerprint density at radius 2 is 1.50 bits per heavy atom. The topological polar surface area (TPSA) is 38.3 Å². The van der Waals surface area contributed by atoms with E-state index in [1.165, 1.54) is 22.3 Å². The quantitative estimate of drug-likeness (QED) is 0.831. The van der Waals surface area contributed by atoms with E-state index in [2.05, 4.69) is 62.5 Å².